The maximum absolute atomic E-state index is 14.8. The molecule has 3 fully saturated rings. The minimum Gasteiger partial charge on any atom is -0.456 e. The second kappa shape index (κ2) is 37.9. The summed E-state index contributed by atoms with van der Waals surface area (Å²) in [5.41, 5.74) is 3.74. The predicted octanol–water partition coefficient (Wildman–Crippen LogP) is 11.9. The molecular formula is C84H80O22. The Hall–Kier alpha value is -10.6. The fraction of sp³-hybridized carbons (Fsp3) is 0.286. The van der Waals surface area contributed by atoms with Gasteiger partial charge < -0.3 is 75.8 Å². The molecule has 0 saturated carbocycles. The second-order valence-electron chi connectivity index (χ2n) is 25.1. The lowest BCUT2D eigenvalue weighted by atomic mass is 9.96. The highest BCUT2D eigenvalue weighted by molar-refractivity contribution is 5.92. The summed E-state index contributed by atoms with van der Waals surface area (Å²) in [7, 11) is 1.26. The Bertz CT molecular complexity index is 4210. The third kappa shape index (κ3) is 20.3. The van der Waals surface area contributed by atoms with Gasteiger partial charge >= 0.3 is 35.8 Å². The van der Waals surface area contributed by atoms with E-state index in [2.05, 4.69) is 0 Å². The normalized spacial score (nSPS) is 24.1. The topological polar surface area (TPSA) is 250 Å². The van der Waals surface area contributed by atoms with E-state index < -0.39 is 141 Å². The monoisotopic (exact) mass is 1440 g/mol. The Morgan fingerprint density at radius 3 is 0.877 bits per heavy atom. The van der Waals surface area contributed by atoms with E-state index in [-0.39, 0.29) is 60.9 Å². The van der Waals surface area contributed by atoms with Crippen LogP contribution in [0.2, 0.25) is 0 Å². The third-order valence-electron chi connectivity index (χ3n) is 17.7. The molecule has 0 aliphatic carbocycles. The van der Waals surface area contributed by atoms with E-state index in [1.807, 2.05) is 121 Å². The van der Waals surface area contributed by atoms with Crippen LogP contribution in [0.4, 0.5) is 0 Å². The molecule has 548 valence electrons. The van der Waals surface area contributed by atoms with E-state index in [9.17, 15) is 28.8 Å². The van der Waals surface area contributed by atoms with Crippen LogP contribution >= 0.6 is 0 Å². The van der Waals surface area contributed by atoms with Crippen molar-refractivity contribution < 1.29 is 105 Å². The van der Waals surface area contributed by atoms with Crippen molar-refractivity contribution in [2.24, 2.45) is 0 Å². The molecule has 0 N–H and O–H groups in total. The van der Waals surface area contributed by atoms with Gasteiger partial charge in [-0.2, -0.15) is 0 Å². The lowest BCUT2D eigenvalue weighted by molar-refractivity contribution is -0.349. The first kappa shape index (κ1) is 75.1. The van der Waals surface area contributed by atoms with Gasteiger partial charge in [0, 0.05) is 14.0 Å². The average molecular weight is 1440 g/mol. The van der Waals surface area contributed by atoms with Gasteiger partial charge in [-0.25, -0.2) is 24.0 Å². The highest BCUT2D eigenvalue weighted by atomic mass is 16.8. The largest absolute Gasteiger partial charge is 0.456 e. The first-order chi connectivity index (χ1) is 51.9. The van der Waals surface area contributed by atoms with Crippen molar-refractivity contribution in [1.29, 1.82) is 0 Å². The van der Waals surface area contributed by atoms with Crippen LogP contribution in [-0.2, 0) is 107 Å². The molecule has 0 radical (unpaired) electrons. The molecule has 9 aromatic rings. The van der Waals surface area contributed by atoms with Crippen LogP contribution in [0.15, 0.2) is 273 Å². The first-order valence-electron chi connectivity index (χ1n) is 34.7. The van der Waals surface area contributed by atoms with Crippen LogP contribution in [0.3, 0.4) is 0 Å². The fourth-order valence-electron chi connectivity index (χ4n) is 12.4. The Morgan fingerprint density at radius 1 is 0.264 bits per heavy atom. The molecule has 106 heavy (non-hydrogen) atoms. The summed E-state index contributed by atoms with van der Waals surface area (Å²) in [6.07, 6.45) is -22.6. The van der Waals surface area contributed by atoms with Gasteiger partial charge in [-0.15, -0.1) is 0 Å². The summed E-state index contributed by atoms with van der Waals surface area (Å²) in [4.78, 5) is 86.6. The SMILES string of the molecule is CO[C@H]1O[C@H](CO[C@@H]2O[C@H](CO[C@@H]3O[C@H](COCc4ccccc4)[C@@H](OCc4ccccc4)[C@H](OCc4ccccc4)[C@H]3OCc3ccccc3)[C@@H](OC(C)=O)[C@H](OC(=O)c3ccccc3)[C@H]2OC(=O)c2ccccc2)[C@@H](OC(=O)c2ccccc2)[C@H](OC(=O)c2ccccc2)[C@H]1OC(=O)c1ccccc1. The van der Waals surface area contributed by atoms with Crippen LogP contribution in [0.25, 0.3) is 0 Å². The zero-order chi connectivity index (χ0) is 73.4. The Labute approximate surface area is 613 Å². The summed E-state index contributed by atoms with van der Waals surface area (Å²) in [6.45, 7) is 0.173. The number of methoxy groups -OCH3 is 1. The molecule has 0 unspecified atom stereocenters. The third-order valence-corrected chi connectivity index (χ3v) is 17.7. The zero-order valence-electron chi connectivity index (χ0n) is 58.1. The highest BCUT2D eigenvalue weighted by Gasteiger charge is 2.57. The summed E-state index contributed by atoms with van der Waals surface area (Å²) >= 11 is 0. The van der Waals surface area contributed by atoms with Gasteiger partial charge in [-0.1, -0.05) is 212 Å². The first-order valence-corrected chi connectivity index (χ1v) is 34.7. The van der Waals surface area contributed by atoms with Gasteiger partial charge in [-0.3, -0.25) is 4.79 Å². The van der Waals surface area contributed by atoms with Crippen molar-refractivity contribution in [3.05, 3.63) is 323 Å². The molecule has 22 nitrogen and oxygen atoms in total. The fourth-order valence-corrected chi connectivity index (χ4v) is 12.4. The molecule has 0 aromatic heterocycles. The van der Waals surface area contributed by atoms with Crippen LogP contribution in [-0.4, -0.2) is 155 Å². The highest BCUT2D eigenvalue weighted by Crippen LogP contribution is 2.38. The van der Waals surface area contributed by atoms with Gasteiger partial charge in [0.2, 0.25) is 0 Å². The van der Waals surface area contributed by atoms with Crippen molar-refractivity contribution in [3.8, 4) is 0 Å². The van der Waals surface area contributed by atoms with Crippen LogP contribution in [0.1, 0.15) is 81.0 Å². The van der Waals surface area contributed by atoms with E-state index in [0.717, 1.165) is 29.2 Å². The van der Waals surface area contributed by atoms with Crippen molar-refractivity contribution in [1.82, 2.24) is 0 Å². The number of carbonyl (C=O) groups excluding carboxylic acids is 6. The maximum atomic E-state index is 14.8. The smallest absolute Gasteiger partial charge is 0.338 e. The molecule has 15 atom stereocenters. The zero-order valence-corrected chi connectivity index (χ0v) is 58.1. The number of benzene rings is 9. The minimum absolute atomic E-state index is 0.0235. The number of carbonyl (C=O) groups is 6. The summed E-state index contributed by atoms with van der Waals surface area (Å²) in [5, 5.41) is 0. The lowest BCUT2D eigenvalue weighted by Crippen LogP contribution is -2.65. The van der Waals surface area contributed by atoms with E-state index in [4.69, 9.17) is 75.8 Å². The van der Waals surface area contributed by atoms with Gasteiger partial charge in [0.1, 0.15) is 36.6 Å². The van der Waals surface area contributed by atoms with Crippen LogP contribution in [0.5, 0.6) is 0 Å². The van der Waals surface area contributed by atoms with Crippen molar-refractivity contribution >= 4 is 35.8 Å². The molecule has 0 amide bonds. The van der Waals surface area contributed by atoms with Crippen molar-refractivity contribution in [2.75, 3.05) is 26.9 Å². The summed E-state index contributed by atoms with van der Waals surface area (Å²) in [6, 6.07) is 77.9. The van der Waals surface area contributed by atoms with E-state index in [1.165, 1.54) is 67.8 Å². The van der Waals surface area contributed by atoms with Crippen molar-refractivity contribution in [3.63, 3.8) is 0 Å². The molecule has 12 rings (SSSR count). The second-order valence-corrected chi connectivity index (χ2v) is 25.1. The number of hydrogen-bond donors (Lipinski definition) is 0. The Kier molecular flexibility index (Phi) is 26.9. The predicted molar refractivity (Wildman–Crippen MR) is 380 cm³/mol. The molecule has 3 saturated heterocycles. The van der Waals surface area contributed by atoms with E-state index in [0.29, 0.717) is 0 Å². The van der Waals surface area contributed by atoms with Crippen molar-refractivity contribution in [2.45, 2.75) is 125 Å². The molecule has 3 heterocycles. The Morgan fingerprint density at radius 2 is 0.528 bits per heavy atom. The molecule has 0 spiro atoms. The lowest BCUT2D eigenvalue weighted by Gasteiger charge is -2.48. The van der Waals surface area contributed by atoms with Crippen LogP contribution in [0, 0.1) is 0 Å². The molecule has 3 aliphatic heterocycles. The standard InChI is InChI=1S/C84H80O22/c1-55(85)98-69-66(53-96-83-74(95-51-59-36-18-6-19-37-59)71(94-50-58-34-16-5-17-35-58)68(93-49-57-32-14-4-15-33-57)65(100-83)52-92-48-56-30-12-3-13-31-56)101-84(76(106-81(90)64-46-28-11-29-47-64)72(69)103-78(87)61-40-22-8-23-41-61)97-54-67-70(102-77(86)60-38-20-7-21-39-60)73(104-79(88)62-42-24-9-25-43-62)75(82(91-2)99-67)105-80(89)63-44-26-10-27-45-63/h3-47,65-76,82-84H,48-54H2,1-2H3/t65-,66-,67-,68-,69-,70-,71+,72+,73+,74-,75-,76-,82+,83-,84-/m1/s1. The summed E-state index contributed by atoms with van der Waals surface area (Å²) in [5.74, 6) is -5.51. The Balaban J connectivity index is 0.942. The molecule has 22 heteroatoms. The summed E-state index contributed by atoms with van der Waals surface area (Å²) < 4.78 is 106. The number of esters is 6. The van der Waals surface area contributed by atoms with Crippen LogP contribution < -0.4 is 0 Å². The maximum Gasteiger partial charge on any atom is 0.338 e. The van der Waals surface area contributed by atoms with Gasteiger partial charge in [0.25, 0.3) is 0 Å². The quantitative estimate of drug-likeness (QED) is 0.0289. The van der Waals surface area contributed by atoms with E-state index in [1.54, 1.807) is 91.0 Å². The van der Waals surface area contributed by atoms with E-state index >= 15 is 0 Å². The number of ether oxygens (including phenoxy) is 16. The molecule has 9 aromatic carbocycles. The van der Waals surface area contributed by atoms with Gasteiger partial charge in [-0.05, 0) is 82.9 Å². The van der Waals surface area contributed by atoms with Gasteiger partial charge in [0.05, 0.1) is 74.1 Å². The number of rotatable bonds is 31. The average Bonchev–Trinajstić information content (AvgIpc) is 0.776. The molecular weight excluding hydrogens is 1360 g/mol. The molecule has 3 aliphatic rings. The number of hydrogen-bond acceptors (Lipinski definition) is 22. The van der Waals surface area contributed by atoms with Gasteiger partial charge in [0.15, 0.2) is 55.5 Å². The minimum atomic E-state index is -1.90. The molecule has 0 bridgehead atoms.